The second-order valence-corrected chi connectivity index (χ2v) is 5.89. The van der Waals surface area contributed by atoms with Gasteiger partial charge in [0.25, 0.3) is 0 Å². The van der Waals surface area contributed by atoms with Crippen LogP contribution in [0, 0.1) is 6.92 Å². The topological polar surface area (TPSA) is 59.1 Å². The molecule has 86 valence electrons. The Kier molecular flexibility index (Phi) is 2.00. The van der Waals surface area contributed by atoms with Crippen molar-refractivity contribution in [2.45, 2.75) is 16.7 Å². The molecule has 5 heteroatoms. The average Bonchev–Trinajstić information content (AvgIpc) is 2.28. The van der Waals surface area contributed by atoms with Gasteiger partial charge in [-0.05, 0) is 30.7 Å². The molecule has 0 aliphatic carbocycles. The summed E-state index contributed by atoms with van der Waals surface area (Å²) in [7, 11) is -3.44. The maximum absolute atomic E-state index is 12.3. The van der Waals surface area contributed by atoms with Crippen LogP contribution < -0.4 is 5.32 Å². The fourth-order valence-electron chi connectivity index (χ4n) is 1.94. The third-order valence-corrected chi connectivity index (χ3v) is 4.61. The zero-order valence-corrected chi connectivity index (χ0v) is 9.95. The van der Waals surface area contributed by atoms with Crippen LogP contribution in [-0.2, 0) is 9.84 Å². The zero-order chi connectivity index (χ0) is 12.0. The van der Waals surface area contributed by atoms with E-state index in [0.29, 0.717) is 16.3 Å². The quantitative estimate of drug-likeness (QED) is 0.661. The Labute approximate surface area is 99.2 Å². The van der Waals surface area contributed by atoms with Gasteiger partial charge >= 0.3 is 0 Å². The third kappa shape index (κ3) is 1.43. The number of aromatic nitrogens is 1. The normalized spacial score (nSPS) is 15.6. The number of rotatable bonds is 0. The van der Waals surface area contributed by atoms with Crippen molar-refractivity contribution in [3.63, 3.8) is 0 Å². The molecular formula is C12H10N2O2S. The lowest BCUT2D eigenvalue weighted by Crippen LogP contribution is -2.14. The summed E-state index contributed by atoms with van der Waals surface area (Å²) in [5, 5.41) is 3.12. The molecule has 2 heterocycles. The minimum absolute atomic E-state index is 0.233. The summed E-state index contributed by atoms with van der Waals surface area (Å²) >= 11 is 0. The van der Waals surface area contributed by atoms with Crippen molar-refractivity contribution < 1.29 is 8.42 Å². The molecule has 4 nitrogen and oxygen atoms in total. The molecule has 2 aromatic rings. The molecule has 1 aromatic carbocycles. The van der Waals surface area contributed by atoms with Crippen LogP contribution in [0.5, 0.6) is 0 Å². The van der Waals surface area contributed by atoms with Gasteiger partial charge in [-0.15, -0.1) is 0 Å². The Morgan fingerprint density at radius 2 is 1.94 bits per heavy atom. The minimum atomic E-state index is -3.44. The van der Waals surface area contributed by atoms with Gasteiger partial charge in [-0.2, -0.15) is 0 Å². The van der Waals surface area contributed by atoms with Crippen molar-refractivity contribution in [2.24, 2.45) is 0 Å². The average molecular weight is 246 g/mol. The number of nitrogens with one attached hydrogen (secondary N) is 1. The highest BCUT2D eigenvalue weighted by Gasteiger charge is 2.29. The first-order valence-electron chi connectivity index (χ1n) is 5.16. The summed E-state index contributed by atoms with van der Waals surface area (Å²) < 4.78 is 24.7. The van der Waals surface area contributed by atoms with E-state index in [1.807, 2.05) is 13.0 Å². The maximum atomic E-state index is 12.3. The van der Waals surface area contributed by atoms with E-state index >= 15 is 0 Å². The van der Waals surface area contributed by atoms with E-state index < -0.39 is 9.84 Å². The fraction of sp³-hybridized carbons (Fsp3) is 0.0833. The van der Waals surface area contributed by atoms with E-state index in [2.05, 4.69) is 10.3 Å². The van der Waals surface area contributed by atoms with E-state index in [4.69, 9.17) is 0 Å². The van der Waals surface area contributed by atoms with Gasteiger partial charge in [0.15, 0.2) is 0 Å². The van der Waals surface area contributed by atoms with Crippen LogP contribution in [0.4, 0.5) is 11.4 Å². The van der Waals surface area contributed by atoms with Crippen molar-refractivity contribution >= 4 is 21.2 Å². The van der Waals surface area contributed by atoms with Crippen molar-refractivity contribution in [1.82, 2.24) is 4.98 Å². The van der Waals surface area contributed by atoms with E-state index in [1.54, 1.807) is 24.4 Å². The van der Waals surface area contributed by atoms with Gasteiger partial charge in [0.05, 0.1) is 16.3 Å². The second kappa shape index (κ2) is 3.30. The van der Waals surface area contributed by atoms with Gasteiger partial charge in [-0.1, -0.05) is 6.07 Å². The predicted octanol–water partition coefficient (Wildman–Crippen LogP) is 2.28. The summed E-state index contributed by atoms with van der Waals surface area (Å²) in [5.74, 6) is 0. The monoisotopic (exact) mass is 246 g/mol. The lowest BCUT2D eigenvalue weighted by atomic mass is 10.2. The van der Waals surface area contributed by atoms with E-state index in [1.165, 1.54) is 6.20 Å². The molecule has 1 N–H and O–H groups in total. The number of nitrogens with zero attached hydrogens (tertiary/aromatic N) is 1. The molecule has 0 radical (unpaired) electrons. The van der Waals surface area contributed by atoms with E-state index in [-0.39, 0.29) is 4.90 Å². The van der Waals surface area contributed by atoms with Gasteiger partial charge < -0.3 is 5.32 Å². The molecule has 1 aliphatic rings. The van der Waals surface area contributed by atoms with Crippen LogP contribution in [-0.4, -0.2) is 13.4 Å². The highest BCUT2D eigenvalue weighted by atomic mass is 32.2. The van der Waals surface area contributed by atoms with Gasteiger partial charge in [0.2, 0.25) is 9.84 Å². The van der Waals surface area contributed by atoms with Gasteiger partial charge in [0, 0.05) is 12.4 Å². The molecule has 0 unspecified atom stereocenters. The Bertz CT molecular complexity index is 708. The highest BCUT2D eigenvalue weighted by Crippen LogP contribution is 2.38. The number of fused-ring (bicyclic) bond motifs is 2. The van der Waals surface area contributed by atoms with E-state index in [0.717, 1.165) is 5.56 Å². The van der Waals surface area contributed by atoms with Gasteiger partial charge in [-0.3, -0.25) is 4.98 Å². The summed E-state index contributed by atoms with van der Waals surface area (Å²) in [5.41, 5.74) is 2.23. The molecule has 0 amide bonds. The molecule has 17 heavy (non-hydrogen) atoms. The number of anilines is 2. The fourth-order valence-corrected chi connectivity index (χ4v) is 3.43. The number of aryl methyl sites for hydroxylation is 1. The molecule has 0 fully saturated rings. The van der Waals surface area contributed by atoms with E-state index in [9.17, 15) is 8.42 Å². The third-order valence-electron chi connectivity index (χ3n) is 2.77. The molecule has 0 saturated carbocycles. The first-order valence-corrected chi connectivity index (χ1v) is 6.64. The molecule has 0 spiro atoms. The summed E-state index contributed by atoms with van der Waals surface area (Å²) in [6, 6.07) is 6.91. The summed E-state index contributed by atoms with van der Waals surface area (Å²) in [6.45, 7) is 1.93. The molecule has 1 aromatic heterocycles. The van der Waals surface area contributed by atoms with Crippen LogP contribution in [0.15, 0.2) is 46.5 Å². The number of sulfone groups is 1. The molecule has 0 atom stereocenters. The number of pyridine rings is 1. The summed E-state index contributed by atoms with van der Waals surface area (Å²) in [4.78, 5) is 4.41. The number of hydrogen-bond acceptors (Lipinski definition) is 4. The first kappa shape index (κ1) is 10.3. The van der Waals surface area contributed by atoms with Crippen LogP contribution in [0.25, 0.3) is 0 Å². The zero-order valence-electron chi connectivity index (χ0n) is 9.14. The molecule has 0 bridgehead atoms. The Morgan fingerprint density at radius 1 is 1.12 bits per heavy atom. The maximum Gasteiger partial charge on any atom is 0.212 e. The molecule has 0 saturated heterocycles. The largest absolute Gasteiger partial charge is 0.353 e. The minimum Gasteiger partial charge on any atom is -0.353 e. The van der Waals surface area contributed by atoms with Crippen LogP contribution in [0.3, 0.4) is 0 Å². The Hall–Kier alpha value is -1.88. The first-order chi connectivity index (χ1) is 8.09. The SMILES string of the molecule is Cc1ccc2c(c1)Nc1ccncc1S2(=O)=O. The number of hydrogen-bond donors (Lipinski definition) is 1. The lowest BCUT2D eigenvalue weighted by Gasteiger charge is -2.21. The van der Waals surface area contributed by atoms with Crippen molar-refractivity contribution in [1.29, 1.82) is 0 Å². The van der Waals surface area contributed by atoms with Crippen molar-refractivity contribution in [2.75, 3.05) is 5.32 Å². The standard InChI is InChI=1S/C12H10N2O2S/c1-8-2-3-11-10(6-8)14-9-4-5-13-7-12(9)17(11,15)16/h2-7,14H,1H3. The van der Waals surface area contributed by atoms with Crippen molar-refractivity contribution in [3.8, 4) is 0 Å². The Morgan fingerprint density at radius 3 is 2.76 bits per heavy atom. The number of benzene rings is 1. The predicted molar refractivity (Wildman–Crippen MR) is 64.2 cm³/mol. The van der Waals surface area contributed by atoms with Crippen LogP contribution in [0.2, 0.25) is 0 Å². The van der Waals surface area contributed by atoms with Crippen LogP contribution in [0.1, 0.15) is 5.56 Å². The molecule has 1 aliphatic heterocycles. The molecule has 3 rings (SSSR count). The second-order valence-electron chi connectivity index (χ2n) is 4.00. The lowest BCUT2D eigenvalue weighted by molar-refractivity contribution is 0.595. The van der Waals surface area contributed by atoms with Gasteiger partial charge in [0.1, 0.15) is 4.90 Å². The highest BCUT2D eigenvalue weighted by molar-refractivity contribution is 7.92. The van der Waals surface area contributed by atoms with Crippen molar-refractivity contribution in [3.05, 3.63) is 42.2 Å². The van der Waals surface area contributed by atoms with Gasteiger partial charge in [-0.25, -0.2) is 8.42 Å². The smallest absolute Gasteiger partial charge is 0.212 e. The van der Waals surface area contributed by atoms with Crippen LogP contribution >= 0.6 is 0 Å². The Balaban J connectivity index is 2.35. The summed E-state index contributed by atoms with van der Waals surface area (Å²) in [6.07, 6.45) is 2.95. The molecular weight excluding hydrogens is 236 g/mol.